The third-order valence-electron chi connectivity index (χ3n) is 3.47. The molecule has 8 heteroatoms. The Morgan fingerprint density at radius 2 is 2.00 bits per heavy atom. The van der Waals surface area contributed by atoms with Crippen molar-refractivity contribution in [1.82, 2.24) is 16.0 Å². The van der Waals surface area contributed by atoms with E-state index in [-0.39, 0.29) is 29.9 Å². The molecule has 1 rings (SSSR count). The smallest absolute Gasteiger partial charge is 0.227 e. The minimum atomic E-state index is -0.972. The summed E-state index contributed by atoms with van der Waals surface area (Å²) in [6.07, 6.45) is 0. The number of aliphatic imine (C=N–C) groups is 1. The van der Waals surface area contributed by atoms with Crippen molar-refractivity contribution in [3.05, 3.63) is 22.4 Å². The van der Waals surface area contributed by atoms with E-state index in [2.05, 4.69) is 20.9 Å². The van der Waals surface area contributed by atoms with E-state index in [9.17, 15) is 9.90 Å². The van der Waals surface area contributed by atoms with Crippen LogP contribution in [0, 0.1) is 5.41 Å². The maximum atomic E-state index is 11.8. The van der Waals surface area contributed by atoms with Crippen LogP contribution in [0.3, 0.4) is 0 Å². The summed E-state index contributed by atoms with van der Waals surface area (Å²) in [5.41, 5.74) is -1.56. The Kier molecular flexibility index (Phi) is 9.83. The van der Waals surface area contributed by atoms with Gasteiger partial charge in [0.15, 0.2) is 5.96 Å². The van der Waals surface area contributed by atoms with Crippen molar-refractivity contribution in [2.45, 2.75) is 33.3 Å². The van der Waals surface area contributed by atoms with Crippen molar-refractivity contribution < 1.29 is 9.90 Å². The summed E-state index contributed by atoms with van der Waals surface area (Å²) >= 11 is 1.52. The molecule has 138 valence electrons. The number of amides is 1. The van der Waals surface area contributed by atoms with Crippen molar-refractivity contribution in [2.75, 3.05) is 26.7 Å². The Hall–Kier alpha value is -0.870. The van der Waals surface area contributed by atoms with Crippen molar-refractivity contribution in [3.8, 4) is 0 Å². The SMILES string of the molecule is CCNC(=NCC(C)(C)C(=O)NC)NCC(C)(O)c1cccs1.I. The molecule has 6 nitrogen and oxygen atoms in total. The monoisotopic (exact) mass is 468 g/mol. The summed E-state index contributed by atoms with van der Waals surface area (Å²) < 4.78 is 0. The van der Waals surface area contributed by atoms with E-state index in [1.807, 2.05) is 38.3 Å². The molecular weight excluding hydrogens is 439 g/mol. The van der Waals surface area contributed by atoms with E-state index in [1.54, 1.807) is 14.0 Å². The molecule has 1 amide bonds. The van der Waals surface area contributed by atoms with Crippen LogP contribution in [-0.2, 0) is 10.4 Å². The Morgan fingerprint density at radius 3 is 2.50 bits per heavy atom. The highest BCUT2D eigenvalue weighted by atomic mass is 127. The average Bonchev–Trinajstić information content (AvgIpc) is 3.04. The Balaban J connectivity index is 0.00000529. The van der Waals surface area contributed by atoms with Gasteiger partial charge in [-0.1, -0.05) is 6.07 Å². The maximum Gasteiger partial charge on any atom is 0.227 e. The second kappa shape index (κ2) is 10.2. The van der Waals surface area contributed by atoms with Crippen LogP contribution in [0.2, 0.25) is 0 Å². The molecule has 0 aromatic carbocycles. The lowest BCUT2D eigenvalue weighted by Crippen LogP contribution is -2.45. The van der Waals surface area contributed by atoms with Crippen molar-refractivity contribution in [2.24, 2.45) is 10.4 Å². The molecule has 0 aliphatic rings. The van der Waals surface area contributed by atoms with Gasteiger partial charge in [0.2, 0.25) is 5.91 Å². The molecular formula is C16H29IN4O2S. The molecule has 24 heavy (non-hydrogen) atoms. The first-order chi connectivity index (χ1) is 10.7. The molecule has 4 N–H and O–H groups in total. The van der Waals surface area contributed by atoms with Gasteiger partial charge in [-0.25, -0.2) is 0 Å². The zero-order valence-electron chi connectivity index (χ0n) is 15.0. The minimum Gasteiger partial charge on any atom is -0.383 e. The highest BCUT2D eigenvalue weighted by Gasteiger charge is 2.27. The quantitative estimate of drug-likeness (QED) is 0.280. The first-order valence-corrected chi connectivity index (χ1v) is 8.61. The summed E-state index contributed by atoms with van der Waals surface area (Å²) in [7, 11) is 1.62. The van der Waals surface area contributed by atoms with Crippen LogP contribution < -0.4 is 16.0 Å². The molecule has 0 aliphatic carbocycles. The van der Waals surface area contributed by atoms with Gasteiger partial charge >= 0.3 is 0 Å². The number of hydrogen-bond donors (Lipinski definition) is 4. The van der Waals surface area contributed by atoms with Crippen LogP contribution in [0.1, 0.15) is 32.6 Å². The maximum absolute atomic E-state index is 11.8. The molecule has 1 atom stereocenters. The van der Waals surface area contributed by atoms with Gasteiger partial charge in [0.1, 0.15) is 5.60 Å². The first kappa shape index (κ1) is 23.1. The predicted molar refractivity (Wildman–Crippen MR) is 111 cm³/mol. The first-order valence-electron chi connectivity index (χ1n) is 7.73. The summed E-state index contributed by atoms with van der Waals surface area (Å²) in [5, 5.41) is 21.4. The number of thiophene rings is 1. The number of guanidine groups is 1. The standard InChI is InChI=1S/C16H28N4O2S.HI/c1-6-18-14(19-10-15(2,3)13(21)17-5)20-11-16(4,22)12-8-7-9-23-12;/h7-9,22H,6,10-11H2,1-5H3,(H,17,21)(H2,18,19,20);1H. The van der Waals surface area contributed by atoms with E-state index in [0.29, 0.717) is 25.6 Å². The number of nitrogens with zero attached hydrogens (tertiary/aromatic N) is 1. The zero-order valence-corrected chi connectivity index (χ0v) is 18.1. The fourth-order valence-corrected chi connectivity index (χ4v) is 2.74. The van der Waals surface area contributed by atoms with Gasteiger partial charge in [0, 0.05) is 18.5 Å². The Labute approximate surface area is 165 Å². The lowest BCUT2D eigenvalue weighted by atomic mass is 9.93. The van der Waals surface area contributed by atoms with Crippen LogP contribution in [0.4, 0.5) is 0 Å². The van der Waals surface area contributed by atoms with E-state index < -0.39 is 11.0 Å². The lowest BCUT2D eigenvalue weighted by Gasteiger charge is -2.25. The van der Waals surface area contributed by atoms with Gasteiger partial charge in [-0.05, 0) is 39.1 Å². The number of hydrogen-bond acceptors (Lipinski definition) is 4. The molecule has 0 fully saturated rings. The lowest BCUT2D eigenvalue weighted by molar-refractivity contribution is -0.128. The van der Waals surface area contributed by atoms with E-state index in [1.165, 1.54) is 11.3 Å². The predicted octanol–water partition coefficient (Wildman–Crippen LogP) is 1.90. The molecule has 1 aromatic heterocycles. The van der Waals surface area contributed by atoms with Crippen LogP contribution in [0.5, 0.6) is 0 Å². The van der Waals surface area contributed by atoms with Gasteiger partial charge in [-0.15, -0.1) is 35.3 Å². The average molecular weight is 468 g/mol. The molecule has 0 spiro atoms. The topological polar surface area (TPSA) is 85.8 Å². The number of nitrogens with one attached hydrogen (secondary N) is 3. The number of carbonyl (C=O) groups is 1. The molecule has 0 saturated heterocycles. The summed E-state index contributed by atoms with van der Waals surface area (Å²) in [4.78, 5) is 17.2. The molecule has 0 radical (unpaired) electrons. The van der Waals surface area contributed by atoms with Gasteiger partial charge < -0.3 is 21.1 Å². The van der Waals surface area contributed by atoms with Crippen LogP contribution in [0.25, 0.3) is 0 Å². The van der Waals surface area contributed by atoms with E-state index in [4.69, 9.17) is 0 Å². The second-order valence-corrected chi connectivity index (χ2v) is 7.21. The molecule has 1 unspecified atom stereocenters. The van der Waals surface area contributed by atoms with E-state index in [0.717, 1.165) is 4.88 Å². The summed E-state index contributed by atoms with van der Waals surface area (Å²) in [6, 6.07) is 3.82. The van der Waals surface area contributed by atoms with E-state index >= 15 is 0 Å². The third-order valence-corrected chi connectivity index (χ3v) is 4.59. The van der Waals surface area contributed by atoms with Crippen LogP contribution in [0.15, 0.2) is 22.5 Å². The fourth-order valence-electron chi connectivity index (χ4n) is 1.96. The van der Waals surface area contributed by atoms with Gasteiger partial charge in [-0.2, -0.15) is 0 Å². The molecule has 1 aromatic rings. The second-order valence-electron chi connectivity index (χ2n) is 6.26. The van der Waals surface area contributed by atoms with Crippen molar-refractivity contribution >= 4 is 47.2 Å². The normalized spacial score (nSPS) is 14.3. The highest BCUT2D eigenvalue weighted by molar-refractivity contribution is 14.0. The Bertz CT molecular complexity index is 530. The number of halogens is 1. The molecule has 0 aliphatic heterocycles. The Morgan fingerprint density at radius 1 is 1.33 bits per heavy atom. The zero-order chi connectivity index (χ0) is 17.5. The number of rotatable bonds is 7. The van der Waals surface area contributed by atoms with Gasteiger partial charge in [-0.3, -0.25) is 9.79 Å². The summed E-state index contributed by atoms with van der Waals surface area (Å²) in [5.74, 6) is 0.531. The fraction of sp³-hybridized carbons (Fsp3) is 0.625. The van der Waals surface area contributed by atoms with Crippen LogP contribution >= 0.6 is 35.3 Å². The minimum absolute atomic E-state index is 0. The van der Waals surface area contributed by atoms with Gasteiger partial charge in [0.05, 0.1) is 18.5 Å². The highest BCUT2D eigenvalue weighted by Crippen LogP contribution is 2.24. The summed E-state index contributed by atoms with van der Waals surface area (Å²) in [6.45, 7) is 8.82. The van der Waals surface area contributed by atoms with Gasteiger partial charge in [0.25, 0.3) is 0 Å². The van der Waals surface area contributed by atoms with Crippen molar-refractivity contribution in [3.63, 3.8) is 0 Å². The number of carbonyl (C=O) groups excluding carboxylic acids is 1. The van der Waals surface area contributed by atoms with Crippen molar-refractivity contribution in [1.29, 1.82) is 0 Å². The molecule has 1 heterocycles. The number of aliphatic hydroxyl groups is 1. The largest absolute Gasteiger partial charge is 0.383 e. The third kappa shape index (κ3) is 6.94. The molecule has 0 bridgehead atoms. The molecule has 0 saturated carbocycles. The van der Waals surface area contributed by atoms with Crippen LogP contribution in [-0.4, -0.2) is 43.7 Å².